The first kappa shape index (κ1) is 17.7. The van der Waals surface area contributed by atoms with E-state index < -0.39 is 23.9 Å². The van der Waals surface area contributed by atoms with Crippen molar-refractivity contribution in [3.05, 3.63) is 71.6 Å². The molecule has 0 N–H and O–H groups in total. The van der Waals surface area contributed by atoms with Crippen LogP contribution in [0, 0.1) is 0 Å². The van der Waals surface area contributed by atoms with Gasteiger partial charge in [-0.05, 0) is 35.8 Å². The molecule has 2 aromatic carbocycles. The van der Waals surface area contributed by atoms with Crippen LogP contribution < -0.4 is 4.74 Å². The lowest BCUT2D eigenvalue weighted by Gasteiger charge is -2.18. The molecule has 3 rings (SSSR count). The van der Waals surface area contributed by atoms with E-state index in [0.29, 0.717) is 17.7 Å². The van der Waals surface area contributed by atoms with Gasteiger partial charge in [0.05, 0.1) is 13.2 Å². The molecule has 1 atom stereocenters. The number of imide groups is 1. The minimum absolute atomic E-state index is 0.0509. The highest BCUT2D eigenvalue weighted by Crippen LogP contribution is 2.22. The number of hydrogen-bond acceptors (Lipinski definition) is 4. The number of halogens is 1. The van der Waals surface area contributed by atoms with Crippen molar-refractivity contribution in [3.8, 4) is 5.75 Å². The quantitative estimate of drug-likeness (QED) is 0.769. The molecule has 26 heavy (non-hydrogen) atoms. The number of carbonyl (C=O) groups is 2. The summed E-state index contributed by atoms with van der Waals surface area (Å²) in [6, 6.07) is 15.4. The van der Waals surface area contributed by atoms with Crippen molar-refractivity contribution in [2.45, 2.75) is 12.5 Å². The van der Waals surface area contributed by atoms with E-state index in [4.69, 9.17) is 9.47 Å². The maximum atomic E-state index is 14.4. The summed E-state index contributed by atoms with van der Waals surface area (Å²) in [6.07, 6.45) is 0.676. The second kappa shape index (κ2) is 7.82. The van der Waals surface area contributed by atoms with Crippen LogP contribution in [0.4, 0.5) is 9.18 Å². The average molecular weight is 355 g/mol. The molecule has 1 saturated heterocycles. The fraction of sp³-hybridized carbons (Fsp3) is 0.200. The van der Waals surface area contributed by atoms with Crippen molar-refractivity contribution in [2.75, 3.05) is 13.7 Å². The monoisotopic (exact) mass is 355 g/mol. The van der Waals surface area contributed by atoms with Crippen LogP contribution in [0.15, 0.2) is 60.4 Å². The molecule has 0 spiro atoms. The SMILES string of the molecule is COc1ccc(/C=C(\F)C(=O)N2C(=O)OC[C@H]2Cc2ccccc2)cc1. The number of benzene rings is 2. The number of amides is 2. The minimum Gasteiger partial charge on any atom is -0.497 e. The lowest BCUT2D eigenvalue weighted by Crippen LogP contribution is -2.40. The third-order valence-corrected chi connectivity index (χ3v) is 4.11. The van der Waals surface area contributed by atoms with Gasteiger partial charge in [-0.15, -0.1) is 0 Å². The van der Waals surface area contributed by atoms with E-state index in [0.717, 1.165) is 16.5 Å². The number of carbonyl (C=O) groups excluding carboxylic acids is 2. The Morgan fingerprint density at radius 2 is 1.92 bits per heavy atom. The van der Waals surface area contributed by atoms with Gasteiger partial charge in [0.2, 0.25) is 0 Å². The summed E-state index contributed by atoms with van der Waals surface area (Å²) in [5, 5.41) is 0. The van der Waals surface area contributed by atoms with Crippen molar-refractivity contribution in [2.24, 2.45) is 0 Å². The zero-order valence-corrected chi connectivity index (χ0v) is 14.2. The van der Waals surface area contributed by atoms with Crippen LogP contribution in [0.3, 0.4) is 0 Å². The first-order valence-corrected chi connectivity index (χ1v) is 8.14. The molecule has 1 aliphatic heterocycles. The summed E-state index contributed by atoms with van der Waals surface area (Å²) in [4.78, 5) is 25.2. The van der Waals surface area contributed by atoms with Gasteiger partial charge in [-0.2, -0.15) is 0 Å². The van der Waals surface area contributed by atoms with E-state index in [1.54, 1.807) is 24.3 Å². The molecular weight excluding hydrogens is 337 g/mol. The number of methoxy groups -OCH3 is 1. The van der Waals surface area contributed by atoms with E-state index in [1.165, 1.54) is 7.11 Å². The highest BCUT2D eigenvalue weighted by Gasteiger charge is 2.39. The first-order chi connectivity index (χ1) is 12.6. The Kier molecular flexibility index (Phi) is 5.31. The van der Waals surface area contributed by atoms with Crippen LogP contribution >= 0.6 is 0 Å². The Balaban J connectivity index is 1.76. The summed E-state index contributed by atoms with van der Waals surface area (Å²) < 4.78 is 24.4. The van der Waals surface area contributed by atoms with Crippen LogP contribution in [0.5, 0.6) is 5.75 Å². The van der Waals surface area contributed by atoms with Gasteiger partial charge in [0.25, 0.3) is 5.91 Å². The number of rotatable bonds is 5. The van der Waals surface area contributed by atoms with Crippen molar-refractivity contribution in [1.29, 1.82) is 0 Å². The predicted octanol–water partition coefficient (Wildman–Crippen LogP) is 3.60. The van der Waals surface area contributed by atoms with Crippen molar-refractivity contribution in [3.63, 3.8) is 0 Å². The topological polar surface area (TPSA) is 55.8 Å². The van der Waals surface area contributed by atoms with Gasteiger partial charge in [0, 0.05) is 0 Å². The standard InChI is InChI=1S/C20H18FNO4/c1-25-17-9-7-15(8-10-17)12-18(21)19(23)22-16(13-26-20(22)24)11-14-5-3-2-4-6-14/h2-10,12,16H,11,13H2,1H3/b18-12-/t16-/m1/s1. The molecule has 0 bridgehead atoms. The summed E-state index contributed by atoms with van der Waals surface area (Å²) in [6.45, 7) is 0.0509. The number of hydrogen-bond donors (Lipinski definition) is 0. The van der Waals surface area contributed by atoms with E-state index in [9.17, 15) is 14.0 Å². The largest absolute Gasteiger partial charge is 0.497 e. The molecule has 2 aromatic rings. The fourth-order valence-corrected chi connectivity index (χ4v) is 2.77. The van der Waals surface area contributed by atoms with Gasteiger partial charge in [-0.1, -0.05) is 42.5 Å². The van der Waals surface area contributed by atoms with E-state index in [1.807, 2.05) is 30.3 Å². The summed E-state index contributed by atoms with van der Waals surface area (Å²) in [5.41, 5.74) is 1.43. The van der Waals surface area contributed by atoms with E-state index in [2.05, 4.69) is 0 Å². The summed E-state index contributed by atoms with van der Waals surface area (Å²) >= 11 is 0. The van der Waals surface area contributed by atoms with Gasteiger partial charge in [-0.25, -0.2) is 14.1 Å². The molecule has 1 aliphatic rings. The maximum absolute atomic E-state index is 14.4. The van der Waals surface area contributed by atoms with Crippen molar-refractivity contribution < 1.29 is 23.5 Å². The van der Waals surface area contributed by atoms with Gasteiger partial charge < -0.3 is 9.47 Å². The van der Waals surface area contributed by atoms with E-state index >= 15 is 0 Å². The summed E-state index contributed by atoms with van der Waals surface area (Å²) in [7, 11) is 1.53. The molecule has 1 fully saturated rings. The molecular formula is C20H18FNO4. The van der Waals surface area contributed by atoms with E-state index in [-0.39, 0.29) is 6.61 Å². The fourth-order valence-electron chi connectivity index (χ4n) is 2.77. The van der Waals surface area contributed by atoms with Gasteiger partial charge >= 0.3 is 6.09 Å². The lowest BCUT2D eigenvalue weighted by atomic mass is 10.1. The molecule has 6 heteroatoms. The van der Waals surface area contributed by atoms with Crippen LogP contribution in [-0.4, -0.2) is 36.7 Å². The highest BCUT2D eigenvalue weighted by molar-refractivity contribution is 6.04. The number of cyclic esters (lactones) is 1. The van der Waals surface area contributed by atoms with Crippen molar-refractivity contribution in [1.82, 2.24) is 4.90 Å². The highest BCUT2D eigenvalue weighted by atomic mass is 19.1. The van der Waals surface area contributed by atoms with Gasteiger partial charge in [-0.3, -0.25) is 4.79 Å². The third-order valence-electron chi connectivity index (χ3n) is 4.11. The molecule has 0 aromatic heterocycles. The molecule has 2 amide bonds. The zero-order valence-electron chi connectivity index (χ0n) is 14.2. The second-order valence-corrected chi connectivity index (χ2v) is 5.86. The first-order valence-electron chi connectivity index (χ1n) is 8.14. The number of ether oxygens (including phenoxy) is 2. The Labute approximate surface area is 150 Å². The normalized spacial score (nSPS) is 17.2. The minimum atomic E-state index is -1.02. The zero-order chi connectivity index (χ0) is 18.5. The van der Waals surface area contributed by atoms with Crippen LogP contribution in [0.2, 0.25) is 0 Å². The molecule has 0 radical (unpaired) electrons. The van der Waals surface area contributed by atoms with Crippen LogP contribution in [0.1, 0.15) is 11.1 Å². The van der Waals surface area contributed by atoms with Crippen molar-refractivity contribution >= 4 is 18.1 Å². The molecule has 0 unspecified atom stereocenters. The van der Waals surface area contributed by atoms with Gasteiger partial charge in [0.1, 0.15) is 12.4 Å². The Bertz CT molecular complexity index is 817. The third kappa shape index (κ3) is 3.91. The molecule has 1 heterocycles. The lowest BCUT2D eigenvalue weighted by molar-refractivity contribution is -0.126. The molecule has 0 saturated carbocycles. The van der Waals surface area contributed by atoms with Gasteiger partial charge in [0.15, 0.2) is 5.83 Å². The smallest absolute Gasteiger partial charge is 0.417 e. The number of nitrogens with zero attached hydrogens (tertiary/aromatic N) is 1. The Morgan fingerprint density at radius 1 is 1.23 bits per heavy atom. The molecule has 134 valence electrons. The summed E-state index contributed by atoms with van der Waals surface area (Å²) in [5.74, 6) is -1.39. The predicted molar refractivity (Wildman–Crippen MR) is 94.2 cm³/mol. The average Bonchev–Trinajstić information content (AvgIpc) is 3.02. The Morgan fingerprint density at radius 3 is 2.58 bits per heavy atom. The second-order valence-electron chi connectivity index (χ2n) is 5.86. The maximum Gasteiger partial charge on any atom is 0.417 e. The van der Waals surface area contributed by atoms with Crippen LogP contribution in [-0.2, 0) is 16.0 Å². The Hall–Kier alpha value is -3.15. The molecule has 0 aliphatic carbocycles. The molecule has 5 nitrogen and oxygen atoms in total. The van der Waals surface area contributed by atoms with Crippen LogP contribution in [0.25, 0.3) is 6.08 Å².